The number of alkyl halides is 3. The monoisotopic (exact) mass is 379 g/mol. The zero-order chi connectivity index (χ0) is 19.4. The van der Waals surface area contributed by atoms with Crippen molar-refractivity contribution in [1.29, 1.82) is 0 Å². The van der Waals surface area contributed by atoms with Crippen LogP contribution in [-0.2, 0) is 17.5 Å². The summed E-state index contributed by atoms with van der Waals surface area (Å²) in [5.41, 5.74) is -0.597. The molecular formula is C17H16F3N5O2. The minimum Gasteiger partial charge on any atom is -0.468 e. The maximum absolute atomic E-state index is 13.0. The highest BCUT2D eigenvalue weighted by Crippen LogP contribution is 2.33. The molecule has 27 heavy (non-hydrogen) atoms. The van der Waals surface area contributed by atoms with E-state index in [1.165, 1.54) is 29.7 Å². The van der Waals surface area contributed by atoms with Gasteiger partial charge >= 0.3 is 6.18 Å². The van der Waals surface area contributed by atoms with Crippen LogP contribution < -0.4 is 5.32 Å². The van der Waals surface area contributed by atoms with Crippen molar-refractivity contribution in [1.82, 2.24) is 19.7 Å². The third-order valence-corrected chi connectivity index (χ3v) is 3.68. The molecule has 2 aromatic heterocycles. The summed E-state index contributed by atoms with van der Waals surface area (Å²) in [4.78, 5) is 17.8. The maximum atomic E-state index is 13.0. The normalized spacial score (nSPS) is 11.7. The smallest absolute Gasteiger partial charge is 0.416 e. The van der Waals surface area contributed by atoms with Crippen LogP contribution in [0.3, 0.4) is 0 Å². The van der Waals surface area contributed by atoms with Crippen LogP contribution in [0.15, 0.2) is 53.7 Å². The van der Waals surface area contributed by atoms with E-state index in [0.29, 0.717) is 12.3 Å². The summed E-state index contributed by atoms with van der Waals surface area (Å²) in [6.45, 7) is 0.354. The van der Waals surface area contributed by atoms with Gasteiger partial charge in [-0.1, -0.05) is 0 Å². The third kappa shape index (κ3) is 4.73. The number of furan rings is 1. The number of hydrogen-bond donors (Lipinski definition) is 1. The molecule has 0 saturated carbocycles. The summed E-state index contributed by atoms with van der Waals surface area (Å²) in [7, 11) is 1.70. The molecule has 10 heteroatoms. The second-order valence-corrected chi connectivity index (χ2v) is 5.87. The largest absolute Gasteiger partial charge is 0.468 e. The van der Waals surface area contributed by atoms with Gasteiger partial charge in [0.15, 0.2) is 0 Å². The van der Waals surface area contributed by atoms with Gasteiger partial charge in [0.2, 0.25) is 5.91 Å². The summed E-state index contributed by atoms with van der Waals surface area (Å²) in [5, 5.41) is 6.43. The molecule has 2 heterocycles. The van der Waals surface area contributed by atoms with Crippen molar-refractivity contribution < 1.29 is 22.4 Å². The van der Waals surface area contributed by atoms with E-state index in [9.17, 15) is 18.0 Å². The number of nitrogens with one attached hydrogen (secondary N) is 1. The molecule has 1 amide bonds. The van der Waals surface area contributed by atoms with Gasteiger partial charge in [0.1, 0.15) is 18.4 Å². The van der Waals surface area contributed by atoms with E-state index < -0.39 is 17.6 Å². The molecule has 3 aromatic rings. The van der Waals surface area contributed by atoms with Crippen LogP contribution in [0.25, 0.3) is 5.69 Å². The van der Waals surface area contributed by atoms with Crippen molar-refractivity contribution >= 4 is 11.6 Å². The number of nitrogens with zero attached hydrogens (tertiary/aromatic N) is 4. The maximum Gasteiger partial charge on any atom is 0.416 e. The average Bonchev–Trinajstić information content (AvgIpc) is 3.27. The Morgan fingerprint density at radius 3 is 2.78 bits per heavy atom. The highest BCUT2D eigenvalue weighted by molar-refractivity contribution is 5.94. The fourth-order valence-corrected chi connectivity index (χ4v) is 2.50. The van der Waals surface area contributed by atoms with E-state index in [0.717, 1.165) is 12.1 Å². The first kappa shape index (κ1) is 18.6. The van der Waals surface area contributed by atoms with Crippen molar-refractivity contribution in [3.05, 3.63) is 60.6 Å². The molecule has 0 saturated heterocycles. The van der Waals surface area contributed by atoms with E-state index in [1.54, 1.807) is 24.1 Å². The minimum atomic E-state index is -4.53. The molecular weight excluding hydrogens is 363 g/mol. The minimum absolute atomic E-state index is 0.00766. The zero-order valence-corrected chi connectivity index (χ0v) is 14.3. The Morgan fingerprint density at radius 1 is 1.33 bits per heavy atom. The van der Waals surface area contributed by atoms with Crippen LogP contribution >= 0.6 is 0 Å². The number of benzene rings is 1. The molecule has 0 aliphatic rings. The van der Waals surface area contributed by atoms with Crippen molar-refractivity contribution in [3.63, 3.8) is 0 Å². The van der Waals surface area contributed by atoms with Gasteiger partial charge in [-0.05, 0) is 37.4 Å². The second-order valence-electron chi connectivity index (χ2n) is 5.87. The first-order valence-corrected chi connectivity index (χ1v) is 7.90. The fourth-order valence-electron chi connectivity index (χ4n) is 2.50. The molecule has 0 bridgehead atoms. The Bertz CT molecular complexity index is 892. The topological polar surface area (TPSA) is 76.2 Å². The zero-order valence-electron chi connectivity index (χ0n) is 14.3. The van der Waals surface area contributed by atoms with Crippen molar-refractivity contribution in [2.45, 2.75) is 12.7 Å². The molecule has 0 aliphatic heterocycles. The Kier molecular flexibility index (Phi) is 5.26. The van der Waals surface area contributed by atoms with Crippen molar-refractivity contribution in [2.75, 3.05) is 18.9 Å². The van der Waals surface area contributed by atoms with Crippen LogP contribution in [0.5, 0.6) is 0 Å². The van der Waals surface area contributed by atoms with E-state index in [2.05, 4.69) is 15.4 Å². The number of halogens is 3. The van der Waals surface area contributed by atoms with Crippen molar-refractivity contribution in [3.8, 4) is 5.69 Å². The lowest BCUT2D eigenvalue weighted by Gasteiger charge is -2.17. The number of anilines is 1. The highest BCUT2D eigenvalue weighted by Gasteiger charge is 2.31. The Balaban J connectivity index is 1.78. The van der Waals surface area contributed by atoms with Gasteiger partial charge < -0.3 is 9.73 Å². The van der Waals surface area contributed by atoms with Crippen molar-refractivity contribution in [2.24, 2.45) is 0 Å². The van der Waals surface area contributed by atoms with E-state index in [1.807, 2.05) is 0 Å². The molecule has 1 aromatic carbocycles. The lowest BCUT2D eigenvalue weighted by Crippen LogP contribution is -2.30. The van der Waals surface area contributed by atoms with Gasteiger partial charge in [0.05, 0.1) is 36.3 Å². The van der Waals surface area contributed by atoms with Gasteiger partial charge in [0, 0.05) is 0 Å². The molecule has 142 valence electrons. The molecule has 0 spiro atoms. The highest BCUT2D eigenvalue weighted by atomic mass is 19.4. The van der Waals surface area contributed by atoms with Crippen LogP contribution in [-0.4, -0.2) is 39.2 Å². The predicted molar refractivity (Wildman–Crippen MR) is 90.0 cm³/mol. The SMILES string of the molecule is CN(CC(=O)Nc1cc(C(F)(F)F)ccc1-n1cncn1)Cc1ccco1. The van der Waals surface area contributed by atoms with E-state index in [-0.39, 0.29) is 17.9 Å². The van der Waals surface area contributed by atoms with Crippen LogP contribution in [0, 0.1) is 0 Å². The molecule has 0 fully saturated rings. The first-order valence-electron chi connectivity index (χ1n) is 7.90. The Hall–Kier alpha value is -3.14. The predicted octanol–water partition coefficient (Wildman–Crippen LogP) is 2.95. The summed E-state index contributed by atoms with van der Waals surface area (Å²) in [6, 6.07) is 6.54. The molecule has 0 atom stereocenters. The molecule has 0 aliphatic carbocycles. The first-order chi connectivity index (χ1) is 12.8. The van der Waals surface area contributed by atoms with Gasteiger partial charge in [0.25, 0.3) is 0 Å². The average molecular weight is 379 g/mol. The van der Waals surface area contributed by atoms with Gasteiger partial charge in [-0.3, -0.25) is 9.69 Å². The Labute approximate surface area is 152 Å². The lowest BCUT2D eigenvalue weighted by atomic mass is 10.1. The summed E-state index contributed by atoms with van der Waals surface area (Å²) in [6.07, 6.45) is -0.422. The molecule has 1 N–H and O–H groups in total. The lowest BCUT2D eigenvalue weighted by molar-refractivity contribution is -0.137. The quantitative estimate of drug-likeness (QED) is 0.713. The van der Waals surface area contributed by atoms with Gasteiger partial charge in [-0.25, -0.2) is 9.67 Å². The molecule has 0 unspecified atom stereocenters. The van der Waals surface area contributed by atoms with E-state index >= 15 is 0 Å². The number of carbonyl (C=O) groups is 1. The number of carbonyl (C=O) groups excluding carboxylic acids is 1. The van der Waals surface area contributed by atoms with Crippen LogP contribution in [0.4, 0.5) is 18.9 Å². The Morgan fingerprint density at radius 2 is 2.15 bits per heavy atom. The standard InChI is InChI=1S/C17H16F3N5O2/c1-24(8-13-3-2-6-27-13)9-16(26)23-14-7-12(17(18,19)20)4-5-15(14)25-11-21-10-22-25/h2-7,10-11H,8-9H2,1H3,(H,23,26). The summed E-state index contributed by atoms with van der Waals surface area (Å²) < 4.78 is 45.6. The molecule has 3 rings (SSSR count). The fraction of sp³-hybridized carbons (Fsp3) is 0.235. The number of rotatable bonds is 6. The van der Waals surface area contributed by atoms with Gasteiger partial charge in [-0.15, -0.1) is 0 Å². The number of amides is 1. The van der Waals surface area contributed by atoms with E-state index in [4.69, 9.17) is 4.42 Å². The summed E-state index contributed by atoms with van der Waals surface area (Å²) >= 11 is 0. The second kappa shape index (κ2) is 7.62. The molecule has 0 radical (unpaired) electrons. The number of aromatic nitrogens is 3. The number of hydrogen-bond acceptors (Lipinski definition) is 5. The molecule has 7 nitrogen and oxygen atoms in total. The van der Waals surface area contributed by atoms with Crippen LogP contribution in [0.1, 0.15) is 11.3 Å². The van der Waals surface area contributed by atoms with Crippen LogP contribution in [0.2, 0.25) is 0 Å². The third-order valence-electron chi connectivity index (χ3n) is 3.68. The number of likely N-dealkylation sites (N-methyl/N-ethyl adjacent to an activating group) is 1. The summed E-state index contributed by atoms with van der Waals surface area (Å²) in [5.74, 6) is 0.206. The van der Waals surface area contributed by atoms with Gasteiger partial charge in [-0.2, -0.15) is 18.3 Å².